The molecule has 1 aromatic heterocycles. The van der Waals surface area contributed by atoms with Gasteiger partial charge < -0.3 is 15.9 Å². The standard InChI is InChI=1S/C18H19N5O2/c1-2-25-18(24)14-9-12-6-7-13(15-5-3-4-8-20-15)10-16(12)21-17(11-14)22-23-19/h3-10,17,21H,2,11H2,1H3,(H2,19,22). The lowest BCUT2D eigenvalue weighted by atomic mass is 10.0. The Morgan fingerprint density at radius 2 is 2.28 bits per heavy atom. The fourth-order valence-corrected chi connectivity index (χ4v) is 2.70. The number of fused-ring (bicyclic) bond motifs is 1. The number of anilines is 1. The van der Waals surface area contributed by atoms with Crippen molar-refractivity contribution in [1.82, 2.24) is 4.98 Å². The summed E-state index contributed by atoms with van der Waals surface area (Å²) in [4.78, 5) is 16.5. The van der Waals surface area contributed by atoms with Gasteiger partial charge >= 0.3 is 5.97 Å². The van der Waals surface area contributed by atoms with Crippen LogP contribution >= 0.6 is 0 Å². The number of nitrogens with one attached hydrogen (secondary N) is 1. The van der Waals surface area contributed by atoms with Gasteiger partial charge in [0.05, 0.1) is 12.3 Å². The summed E-state index contributed by atoms with van der Waals surface area (Å²) in [6.45, 7) is 2.09. The smallest absolute Gasteiger partial charge is 0.334 e. The number of nitrogens with zero attached hydrogens (tertiary/aromatic N) is 3. The van der Waals surface area contributed by atoms with Crippen molar-refractivity contribution in [3.05, 3.63) is 53.7 Å². The zero-order chi connectivity index (χ0) is 17.6. The van der Waals surface area contributed by atoms with Gasteiger partial charge in [-0.25, -0.2) is 4.79 Å². The Kier molecular flexibility index (Phi) is 5.03. The largest absolute Gasteiger partial charge is 0.463 e. The number of benzene rings is 1. The van der Waals surface area contributed by atoms with E-state index in [1.54, 1.807) is 13.1 Å². The van der Waals surface area contributed by atoms with Crippen molar-refractivity contribution in [2.75, 3.05) is 11.9 Å². The van der Waals surface area contributed by atoms with E-state index in [4.69, 9.17) is 10.6 Å². The monoisotopic (exact) mass is 337 g/mol. The molecule has 0 amide bonds. The number of rotatable bonds is 4. The van der Waals surface area contributed by atoms with Crippen molar-refractivity contribution in [2.24, 2.45) is 16.2 Å². The molecule has 1 aliphatic rings. The van der Waals surface area contributed by atoms with Gasteiger partial charge in [-0.1, -0.05) is 23.4 Å². The first-order valence-corrected chi connectivity index (χ1v) is 8.01. The number of aromatic nitrogens is 1. The van der Waals surface area contributed by atoms with Crippen LogP contribution in [-0.4, -0.2) is 23.7 Å². The van der Waals surface area contributed by atoms with Crippen molar-refractivity contribution in [1.29, 1.82) is 0 Å². The van der Waals surface area contributed by atoms with Crippen molar-refractivity contribution >= 4 is 17.7 Å². The second-order valence-corrected chi connectivity index (χ2v) is 5.50. The summed E-state index contributed by atoms with van der Waals surface area (Å²) in [7, 11) is 0. The Hall–Kier alpha value is -3.22. The third-order valence-corrected chi connectivity index (χ3v) is 3.82. The molecule has 1 atom stereocenters. The number of pyridine rings is 1. The van der Waals surface area contributed by atoms with Crippen LogP contribution in [0.5, 0.6) is 0 Å². The first kappa shape index (κ1) is 16.6. The van der Waals surface area contributed by atoms with Crippen molar-refractivity contribution < 1.29 is 9.53 Å². The summed E-state index contributed by atoms with van der Waals surface area (Å²) < 4.78 is 5.12. The molecule has 0 saturated carbocycles. The summed E-state index contributed by atoms with van der Waals surface area (Å²) >= 11 is 0. The summed E-state index contributed by atoms with van der Waals surface area (Å²) in [5.41, 5.74) is 4.06. The van der Waals surface area contributed by atoms with Crippen LogP contribution in [0.1, 0.15) is 18.9 Å². The fraction of sp³-hybridized carbons (Fsp3) is 0.222. The first-order chi connectivity index (χ1) is 12.2. The predicted octanol–water partition coefficient (Wildman–Crippen LogP) is 3.16. The van der Waals surface area contributed by atoms with Gasteiger partial charge in [-0.2, -0.15) is 0 Å². The SMILES string of the molecule is CCOC(=O)C1=Cc2ccc(-c3ccccn3)cc2NC(N=NN)C1. The molecular weight excluding hydrogens is 318 g/mol. The highest BCUT2D eigenvalue weighted by atomic mass is 16.5. The van der Waals surface area contributed by atoms with Gasteiger partial charge in [-0.15, -0.1) is 5.11 Å². The first-order valence-electron chi connectivity index (χ1n) is 8.01. The predicted molar refractivity (Wildman–Crippen MR) is 95.4 cm³/mol. The fourth-order valence-electron chi connectivity index (χ4n) is 2.70. The van der Waals surface area contributed by atoms with Gasteiger partial charge in [0.25, 0.3) is 0 Å². The van der Waals surface area contributed by atoms with Crippen molar-refractivity contribution in [2.45, 2.75) is 19.5 Å². The zero-order valence-corrected chi connectivity index (χ0v) is 13.8. The van der Waals surface area contributed by atoms with Crippen molar-refractivity contribution in [3.63, 3.8) is 0 Å². The van der Waals surface area contributed by atoms with Crippen LogP contribution in [0.25, 0.3) is 17.3 Å². The molecule has 7 nitrogen and oxygen atoms in total. The summed E-state index contributed by atoms with van der Waals surface area (Å²) in [5.74, 6) is 4.85. The lowest BCUT2D eigenvalue weighted by Crippen LogP contribution is -2.19. The molecule has 3 N–H and O–H groups in total. The number of hydrogen-bond acceptors (Lipinski definition) is 6. The van der Waals surface area contributed by atoms with Gasteiger partial charge in [-0.3, -0.25) is 4.98 Å². The molecule has 1 aromatic carbocycles. The number of carbonyl (C=O) groups excluding carboxylic acids is 1. The number of nitrogens with two attached hydrogens (primary N) is 1. The Morgan fingerprint density at radius 1 is 1.40 bits per heavy atom. The van der Waals surface area contributed by atoms with Gasteiger partial charge in [0.1, 0.15) is 6.17 Å². The molecule has 0 bridgehead atoms. The zero-order valence-electron chi connectivity index (χ0n) is 13.8. The van der Waals surface area contributed by atoms with Gasteiger partial charge in [0.15, 0.2) is 0 Å². The molecule has 128 valence electrons. The maximum Gasteiger partial charge on any atom is 0.334 e. The number of esters is 1. The Bertz CT molecular complexity index is 817. The van der Waals surface area contributed by atoms with E-state index in [-0.39, 0.29) is 5.97 Å². The lowest BCUT2D eigenvalue weighted by molar-refractivity contribution is -0.138. The maximum atomic E-state index is 12.2. The van der Waals surface area contributed by atoms with Crippen LogP contribution in [-0.2, 0) is 9.53 Å². The summed E-state index contributed by atoms with van der Waals surface area (Å²) in [5, 5.41) is 10.6. The van der Waals surface area contributed by atoms with E-state index in [0.29, 0.717) is 18.6 Å². The molecule has 0 fully saturated rings. The lowest BCUT2D eigenvalue weighted by Gasteiger charge is -2.14. The molecule has 0 saturated heterocycles. The molecule has 1 unspecified atom stereocenters. The Morgan fingerprint density at radius 3 is 3.00 bits per heavy atom. The minimum absolute atomic E-state index is 0.318. The summed E-state index contributed by atoms with van der Waals surface area (Å²) in [6.07, 6.45) is 3.46. The number of ether oxygens (including phenoxy) is 1. The molecule has 2 aromatic rings. The number of hydrogen-bond donors (Lipinski definition) is 2. The highest BCUT2D eigenvalue weighted by Gasteiger charge is 2.22. The normalized spacial score (nSPS) is 16.5. The molecule has 0 spiro atoms. The van der Waals surface area contributed by atoms with Crippen LogP contribution in [0.2, 0.25) is 0 Å². The van der Waals surface area contributed by atoms with E-state index in [1.165, 1.54) is 0 Å². The molecular formula is C18H19N5O2. The van der Waals surface area contributed by atoms with Crippen LogP contribution in [0.3, 0.4) is 0 Å². The molecule has 2 heterocycles. The van der Waals surface area contributed by atoms with Crippen LogP contribution in [0.4, 0.5) is 5.69 Å². The van der Waals surface area contributed by atoms with Gasteiger partial charge in [0, 0.05) is 29.4 Å². The third-order valence-electron chi connectivity index (χ3n) is 3.82. The van der Waals surface area contributed by atoms with E-state index < -0.39 is 6.17 Å². The quantitative estimate of drug-likeness (QED) is 0.386. The van der Waals surface area contributed by atoms with E-state index in [1.807, 2.05) is 42.5 Å². The van der Waals surface area contributed by atoms with Crippen molar-refractivity contribution in [3.8, 4) is 11.3 Å². The highest BCUT2D eigenvalue weighted by Crippen LogP contribution is 2.31. The maximum absolute atomic E-state index is 12.2. The minimum atomic E-state index is -0.444. The minimum Gasteiger partial charge on any atom is -0.463 e. The molecule has 1 aliphatic heterocycles. The van der Waals surface area contributed by atoms with E-state index in [0.717, 1.165) is 22.5 Å². The van der Waals surface area contributed by atoms with Gasteiger partial charge in [-0.05, 0) is 36.8 Å². The average molecular weight is 337 g/mol. The number of carbonyl (C=O) groups is 1. The molecule has 3 rings (SSSR count). The molecule has 0 radical (unpaired) electrons. The second kappa shape index (κ2) is 7.57. The van der Waals surface area contributed by atoms with E-state index in [2.05, 4.69) is 20.6 Å². The topological polar surface area (TPSA) is 102 Å². The average Bonchev–Trinajstić information content (AvgIpc) is 2.81. The van der Waals surface area contributed by atoms with Crippen LogP contribution in [0, 0.1) is 0 Å². The Balaban J connectivity index is 2.02. The molecule has 7 heteroatoms. The molecule has 0 aliphatic carbocycles. The van der Waals surface area contributed by atoms with Crippen LogP contribution < -0.4 is 11.2 Å². The molecule has 25 heavy (non-hydrogen) atoms. The highest BCUT2D eigenvalue weighted by molar-refractivity contribution is 5.95. The third kappa shape index (κ3) is 3.82. The Labute approximate surface area is 145 Å². The van der Waals surface area contributed by atoms with Gasteiger partial charge in [0.2, 0.25) is 0 Å². The van der Waals surface area contributed by atoms with Crippen LogP contribution in [0.15, 0.2) is 58.5 Å². The second-order valence-electron chi connectivity index (χ2n) is 5.50. The van der Waals surface area contributed by atoms with E-state index in [9.17, 15) is 4.79 Å². The summed E-state index contributed by atoms with van der Waals surface area (Å²) in [6, 6.07) is 11.6. The van der Waals surface area contributed by atoms with E-state index >= 15 is 0 Å².